The number of carbonyl (C=O) groups is 1. The third-order valence-corrected chi connectivity index (χ3v) is 3.88. The Morgan fingerprint density at radius 1 is 1.35 bits per heavy atom. The predicted octanol–water partition coefficient (Wildman–Crippen LogP) is 3.24. The van der Waals surface area contributed by atoms with Crippen molar-refractivity contribution in [3.8, 4) is 0 Å². The molecule has 0 unspecified atom stereocenters. The zero-order chi connectivity index (χ0) is 17.0. The number of hydrogen-bond acceptors (Lipinski definition) is 5. The Hall–Kier alpha value is -1.98. The van der Waals surface area contributed by atoms with Crippen LogP contribution in [-0.4, -0.2) is 47.8 Å². The number of aryl methyl sites for hydroxylation is 1. The third kappa shape index (κ3) is 5.01. The highest BCUT2D eigenvalue weighted by Gasteiger charge is 2.26. The molecule has 2 heterocycles. The van der Waals surface area contributed by atoms with Crippen molar-refractivity contribution in [3.05, 3.63) is 17.8 Å². The summed E-state index contributed by atoms with van der Waals surface area (Å²) in [7, 11) is 1.89. The highest BCUT2D eigenvalue weighted by molar-refractivity contribution is 5.68. The first-order chi connectivity index (χ1) is 10.8. The lowest BCUT2D eigenvalue weighted by Crippen LogP contribution is -2.44. The van der Waals surface area contributed by atoms with E-state index in [-0.39, 0.29) is 6.09 Å². The van der Waals surface area contributed by atoms with Crippen LogP contribution in [0.15, 0.2) is 12.3 Å². The van der Waals surface area contributed by atoms with Gasteiger partial charge in [0.2, 0.25) is 0 Å². The molecule has 1 aliphatic heterocycles. The Labute approximate surface area is 138 Å². The Morgan fingerprint density at radius 3 is 2.52 bits per heavy atom. The van der Waals surface area contributed by atoms with E-state index < -0.39 is 5.60 Å². The second kappa shape index (κ2) is 7.06. The van der Waals surface area contributed by atoms with Crippen molar-refractivity contribution in [1.82, 2.24) is 9.88 Å². The molecule has 0 saturated carbocycles. The Bertz CT molecular complexity index is 546. The Morgan fingerprint density at radius 2 is 2.00 bits per heavy atom. The minimum Gasteiger partial charge on any atom is -0.444 e. The molecule has 0 bridgehead atoms. The van der Waals surface area contributed by atoms with Crippen LogP contribution in [0.4, 0.5) is 16.3 Å². The van der Waals surface area contributed by atoms with Gasteiger partial charge in [0.05, 0.1) is 11.9 Å². The van der Waals surface area contributed by atoms with Gasteiger partial charge in [0.1, 0.15) is 11.4 Å². The lowest BCUT2D eigenvalue weighted by Gasteiger charge is -2.34. The van der Waals surface area contributed by atoms with E-state index in [1.807, 2.05) is 40.1 Å². The average molecular weight is 320 g/mol. The number of amides is 1. The van der Waals surface area contributed by atoms with Crippen LogP contribution >= 0.6 is 0 Å². The molecular formula is C17H28N4O2. The van der Waals surface area contributed by atoms with Crippen LogP contribution in [0.3, 0.4) is 0 Å². The van der Waals surface area contributed by atoms with Crippen LogP contribution in [0.5, 0.6) is 0 Å². The normalized spacial score (nSPS) is 16.1. The fraction of sp³-hybridized carbons (Fsp3) is 0.647. The number of rotatable bonds is 3. The molecule has 1 aromatic rings. The number of aromatic nitrogens is 1. The molecule has 1 aliphatic rings. The number of ether oxygens (including phenoxy) is 1. The number of piperidine rings is 1. The molecule has 1 fully saturated rings. The minimum atomic E-state index is -0.442. The fourth-order valence-electron chi connectivity index (χ4n) is 2.64. The Balaban J connectivity index is 1.85. The fourth-order valence-corrected chi connectivity index (χ4v) is 2.64. The van der Waals surface area contributed by atoms with Gasteiger partial charge in [0.25, 0.3) is 0 Å². The van der Waals surface area contributed by atoms with Crippen molar-refractivity contribution in [2.75, 3.05) is 30.8 Å². The first kappa shape index (κ1) is 17.4. The van der Waals surface area contributed by atoms with Gasteiger partial charge < -0.3 is 20.3 Å². The van der Waals surface area contributed by atoms with Gasteiger partial charge in [-0.1, -0.05) is 0 Å². The van der Waals surface area contributed by atoms with Gasteiger partial charge >= 0.3 is 6.09 Å². The number of nitrogens with one attached hydrogen (secondary N) is 2. The van der Waals surface area contributed by atoms with Crippen molar-refractivity contribution < 1.29 is 9.53 Å². The summed E-state index contributed by atoms with van der Waals surface area (Å²) in [4.78, 5) is 18.3. The molecule has 1 amide bonds. The molecule has 1 aromatic heterocycles. The predicted molar refractivity (Wildman–Crippen MR) is 93.0 cm³/mol. The maximum Gasteiger partial charge on any atom is 0.410 e. The van der Waals surface area contributed by atoms with Gasteiger partial charge in [-0.05, 0) is 52.2 Å². The number of carbonyl (C=O) groups excluding carboxylic acids is 1. The zero-order valence-electron chi connectivity index (χ0n) is 14.8. The van der Waals surface area contributed by atoms with Crippen molar-refractivity contribution in [2.45, 2.75) is 52.2 Å². The third-order valence-electron chi connectivity index (χ3n) is 3.88. The van der Waals surface area contributed by atoms with E-state index in [9.17, 15) is 4.79 Å². The van der Waals surface area contributed by atoms with E-state index in [1.165, 1.54) is 0 Å². The summed E-state index contributed by atoms with van der Waals surface area (Å²) in [5, 5.41) is 6.58. The largest absolute Gasteiger partial charge is 0.444 e. The molecule has 0 aliphatic carbocycles. The van der Waals surface area contributed by atoms with Crippen LogP contribution in [0.2, 0.25) is 0 Å². The summed E-state index contributed by atoms with van der Waals surface area (Å²) >= 11 is 0. The van der Waals surface area contributed by atoms with E-state index in [4.69, 9.17) is 4.74 Å². The highest BCUT2D eigenvalue weighted by Crippen LogP contribution is 2.20. The number of pyridine rings is 1. The summed E-state index contributed by atoms with van der Waals surface area (Å²) in [5.41, 5.74) is 1.76. The number of anilines is 2. The van der Waals surface area contributed by atoms with Crippen LogP contribution in [0, 0.1) is 6.92 Å². The molecule has 128 valence electrons. The number of likely N-dealkylation sites (tertiary alicyclic amines) is 1. The van der Waals surface area contributed by atoms with Gasteiger partial charge in [-0.3, -0.25) is 0 Å². The van der Waals surface area contributed by atoms with Crippen molar-refractivity contribution in [1.29, 1.82) is 0 Å². The summed E-state index contributed by atoms with van der Waals surface area (Å²) in [6.07, 6.45) is 3.41. The van der Waals surface area contributed by atoms with Crippen LogP contribution in [0.1, 0.15) is 39.2 Å². The summed E-state index contributed by atoms with van der Waals surface area (Å²) < 4.78 is 5.42. The zero-order valence-corrected chi connectivity index (χ0v) is 14.8. The molecule has 0 aromatic carbocycles. The topological polar surface area (TPSA) is 66.5 Å². The molecule has 0 spiro atoms. The smallest absolute Gasteiger partial charge is 0.410 e. The van der Waals surface area contributed by atoms with E-state index >= 15 is 0 Å². The molecule has 0 atom stereocenters. The Kier molecular flexibility index (Phi) is 5.34. The van der Waals surface area contributed by atoms with Crippen LogP contribution in [0.25, 0.3) is 0 Å². The van der Waals surface area contributed by atoms with Gasteiger partial charge in [0, 0.05) is 26.2 Å². The number of nitrogens with zero attached hydrogens (tertiary/aromatic N) is 2. The molecule has 1 saturated heterocycles. The van der Waals surface area contributed by atoms with Gasteiger partial charge in [-0.15, -0.1) is 0 Å². The molecule has 2 N–H and O–H groups in total. The van der Waals surface area contributed by atoms with Crippen LogP contribution in [-0.2, 0) is 4.74 Å². The van der Waals surface area contributed by atoms with Crippen LogP contribution < -0.4 is 10.6 Å². The quantitative estimate of drug-likeness (QED) is 0.895. The average Bonchev–Trinajstić information content (AvgIpc) is 2.46. The summed E-state index contributed by atoms with van der Waals surface area (Å²) in [5.74, 6) is 0.886. The molecular weight excluding hydrogens is 292 g/mol. The lowest BCUT2D eigenvalue weighted by atomic mass is 10.1. The minimum absolute atomic E-state index is 0.219. The molecule has 6 nitrogen and oxygen atoms in total. The van der Waals surface area contributed by atoms with Gasteiger partial charge in [0.15, 0.2) is 0 Å². The molecule has 23 heavy (non-hydrogen) atoms. The van der Waals surface area contributed by atoms with Gasteiger partial charge in [-0.25, -0.2) is 9.78 Å². The SMILES string of the molecule is CNc1cnc(NC2CCN(C(=O)OC(C)(C)C)CC2)cc1C. The van der Waals surface area contributed by atoms with Crippen molar-refractivity contribution in [2.24, 2.45) is 0 Å². The second-order valence-corrected chi connectivity index (χ2v) is 7.02. The van der Waals surface area contributed by atoms with Crippen molar-refractivity contribution in [3.63, 3.8) is 0 Å². The first-order valence-corrected chi connectivity index (χ1v) is 8.17. The summed E-state index contributed by atoms with van der Waals surface area (Å²) in [6.45, 7) is 9.15. The van der Waals surface area contributed by atoms with E-state index in [2.05, 4.69) is 22.5 Å². The molecule has 2 rings (SSSR count). The lowest BCUT2D eigenvalue weighted by molar-refractivity contribution is 0.0210. The summed E-state index contributed by atoms with van der Waals surface area (Å²) in [6, 6.07) is 2.38. The first-order valence-electron chi connectivity index (χ1n) is 8.17. The maximum atomic E-state index is 12.1. The second-order valence-electron chi connectivity index (χ2n) is 7.02. The monoisotopic (exact) mass is 320 g/mol. The highest BCUT2D eigenvalue weighted by atomic mass is 16.6. The van der Waals surface area contributed by atoms with E-state index in [0.29, 0.717) is 19.1 Å². The maximum absolute atomic E-state index is 12.1. The van der Waals surface area contributed by atoms with Crippen molar-refractivity contribution >= 4 is 17.6 Å². The molecule has 0 radical (unpaired) electrons. The van der Waals surface area contributed by atoms with Gasteiger partial charge in [-0.2, -0.15) is 0 Å². The van der Waals surface area contributed by atoms with E-state index in [1.54, 1.807) is 4.90 Å². The standard InChI is InChI=1S/C17H28N4O2/c1-12-10-15(19-11-14(12)18-5)20-13-6-8-21(9-7-13)16(22)23-17(2,3)4/h10-11,13,18H,6-9H2,1-5H3,(H,19,20). The van der Waals surface area contributed by atoms with E-state index in [0.717, 1.165) is 29.9 Å². The number of hydrogen-bond donors (Lipinski definition) is 2. The molecule has 6 heteroatoms.